The Morgan fingerprint density at radius 3 is 2.48 bits per heavy atom. The molecule has 0 amide bonds. The van der Waals surface area contributed by atoms with Gasteiger partial charge >= 0.3 is 0 Å². The van der Waals surface area contributed by atoms with Gasteiger partial charge in [0.2, 0.25) is 5.95 Å². The fourth-order valence-electron chi connectivity index (χ4n) is 3.87. The zero-order valence-corrected chi connectivity index (χ0v) is 15.6. The Balaban J connectivity index is 1.68. The largest absolute Gasteiger partial charge is 0.396 e. The minimum absolute atomic E-state index is 0.140. The summed E-state index contributed by atoms with van der Waals surface area (Å²) in [4.78, 5) is 15.8. The van der Waals surface area contributed by atoms with Gasteiger partial charge < -0.3 is 24.9 Å². The zero-order valence-electron chi connectivity index (χ0n) is 15.6. The van der Waals surface area contributed by atoms with Crippen molar-refractivity contribution in [3.63, 3.8) is 0 Å². The van der Waals surface area contributed by atoms with E-state index in [4.69, 9.17) is 0 Å². The Kier molecular flexibility index (Phi) is 5.76. The van der Waals surface area contributed by atoms with Crippen LogP contribution in [-0.4, -0.2) is 84.6 Å². The van der Waals surface area contributed by atoms with Crippen molar-refractivity contribution < 1.29 is 10.2 Å². The molecule has 3 rings (SSSR count). The third-order valence-corrected chi connectivity index (χ3v) is 5.41. The number of aliphatic hydroxyl groups excluding tert-OH is 2. The molecule has 0 radical (unpaired) electrons. The van der Waals surface area contributed by atoms with Gasteiger partial charge in [-0.15, -0.1) is 0 Å². The molecule has 140 valence electrons. The lowest BCUT2D eigenvalue weighted by Gasteiger charge is -2.32. The third-order valence-electron chi connectivity index (χ3n) is 5.41. The number of likely N-dealkylation sites (tertiary alicyclic amines) is 1. The van der Waals surface area contributed by atoms with Gasteiger partial charge in [-0.1, -0.05) is 0 Å². The van der Waals surface area contributed by atoms with Crippen molar-refractivity contribution in [2.75, 3.05) is 63.2 Å². The van der Waals surface area contributed by atoms with E-state index in [-0.39, 0.29) is 18.6 Å². The van der Waals surface area contributed by atoms with Gasteiger partial charge in [0, 0.05) is 71.1 Å². The fraction of sp³-hybridized carbons (Fsp3) is 0.778. The van der Waals surface area contributed by atoms with E-state index in [1.807, 2.05) is 32.0 Å². The van der Waals surface area contributed by atoms with Gasteiger partial charge in [-0.2, -0.15) is 4.98 Å². The molecule has 0 aliphatic carbocycles. The van der Waals surface area contributed by atoms with Crippen LogP contribution >= 0.6 is 0 Å². The van der Waals surface area contributed by atoms with Gasteiger partial charge in [0.15, 0.2) is 0 Å². The zero-order chi connectivity index (χ0) is 18.0. The Morgan fingerprint density at radius 2 is 1.84 bits per heavy atom. The number of hydrogen-bond donors (Lipinski definition) is 2. The summed E-state index contributed by atoms with van der Waals surface area (Å²) in [6.45, 7) is 6.84. The maximum absolute atomic E-state index is 9.84. The topological polar surface area (TPSA) is 76.0 Å². The van der Waals surface area contributed by atoms with E-state index >= 15 is 0 Å². The van der Waals surface area contributed by atoms with Crippen molar-refractivity contribution in [3.05, 3.63) is 11.8 Å². The van der Waals surface area contributed by atoms with Gasteiger partial charge in [0.1, 0.15) is 5.82 Å². The molecule has 3 heterocycles. The lowest BCUT2D eigenvalue weighted by atomic mass is 9.95. The Bertz CT molecular complexity index is 575. The monoisotopic (exact) mass is 349 g/mol. The molecule has 2 aliphatic heterocycles. The minimum atomic E-state index is -0.140. The number of aromatic nitrogens is 2. The Hall–Kier alpha value is -1.44. The highest BCUT2D eigenvalue weighted by molar-refractivity contribution is 5.46. The first-order valence-electron chi connectivity index (χ1n) is 9.25. The highest BCUT2D eigenvalue weighted by Crippen LogP contribution is 2.29. The average molecular weight is 349 g/mol. The molecule has 2 aliphatic rings. The Morgan fingerprint density at radius 1 is 1.16 bits per heavy atom. The summed E-state index contributed by atoms with van der Waals surface area (Å²) in [5.41, 5.74) is 0.961. The summed E-state index contributed by atoms with van der Waals surface area (Å²) in [7, 11) is 3.90. The van der Waals surface area contributed by atoms with Gasteiger partial charge in [-0.25, -0.2) is 4.98 Å². The second kappa shape index (κ2) is 7.85. The van der Waals surface area contributed by atoms with E-state index < -0.39 is 0 Å². The van der Waals surface area contributed by atoms with E-state index in [0.717, 1.165) is 63.0 Å². The summed E-state index contributed by atoms with van der Waals surface area (Å²) in [6.07, 6.45) is 1.58. The molecule has 1 aromatic rings. The van der Waals surface area contributed by atoms with Gasteiger partial charge in [0.25, 0.3) is 0 Å². The number of aryl methyl sites for hydroxylation is 1. The van der Waals surface area contributed by atoms with Crippen molar-refractivity contribution in [3.8, 4) is 0 Å². The molecule has 25 heavy (non-hydrogen) atoms. The predicted molar refractivity (Wildman–Crippen MR) is 99.1 cm³/mol. The van der Waals surface area contributed by atoms with Crippen LogP contribution < -0.4 is 9.80 Å². The van der Waals surface area contributed by atoms with Crippen molar-refractivity contribution in [1.29, 1.82) is 0 Å². The molecular formula is C18H31N5O2. The molecule has 0 spiro atoms. The second-order valence-electron chi connectivity index (χ2n) is 7.70. The lowest BCUT2D eigenvalue weighted by Crippen LogP contribution is -2.40. The predicted octanol–water partition coefficient (Wildman–Crippen LogP) is 0.352. The van der Waals surface area contributed by atoms with Crippen LogP contribution in [0.1, 0.15) is 18.5 Å². The molecule has 0 bridgehead atoms. The highest BCUT2D eigenvalue weighted by atomic mass is 16.3. The van der Waals surface area contributed by atoms with E-state index in [1.54, 1.807) is 0 Å². The van der Waals surface area contributed by atoms with E-state index in [9.17, 15) is 10.2 Å². The summed E-state index contributed by atoms with van der Waals surface area (Å²) in [5, 5.41) is 19.5. The van der Waals surface area contributed by atoms with E-state index in [1.165, 1.54) is 0 Å². The van der Waals surface area contributed by atoms with E-state index in [0.29, 0.717) is 5.92 Å². The van der Waals surface area contributed by atoms with Crippen molar-refractivity contribution in [2.45, 2.75) is 25.9 Å². The van der Waals surface area contributed by atoms with Crippen LogP contribution in [0.15, 0.2) is 6.07 Å². The summed E-state index contributed by atoms with van der Waals surface area (Å²) in [6, 6.07) is 2.03. The van der Waals surface area contributed by atoms with Crippen molar-refractivity contribution in [1.82, 2.24) is 14.9 Å². The van der Waals surface area contributed by atoms with Crippen LogP contribution in [-0.2, 0) is 0 Å². The molecule has 2 saturated heterocycles. The van der Waals surface area contributed by atoms with Crippen LogP contribution in [0, 0.1) is 18.8 Å². The van der Waals surface area contributed by atoms with Crippen molar-refractivity contribution >= 4 is 11.8 Å². The SMILES string of the molecule is Cc1cc(N2C[C@@H](CN3CCC(O)CC3)[C@@H](CO)C2)nc(N(C)C)n1. The molecule has 1 aromatic heterocycles. The fourth-order valence-corrected chi connectivity index (χ4v) is 3.87. The van der Waals surface area contributed by atoms with Gasteiger partial charge in [0.05, 0.1) is 6.10 Å². The molecule has 0 saturated carbocycles. The van der Waals surface area contributed by atoms with E-state index in [2.05, 4.69) is 19.8 Å². The molecule has 2 atom stereocenters. The summed E-state index contributed by atoms with van der Waals surface area (Å²) in [5.74, 6) is 2.37. The molecule has 7 heteroatoms. The summed E-state index contributed by atoms with van der Waals surface area (Å²) >= 11 is 0. The molecule has 7 nitrogen and oxygen atoms in total. The normalized spacial score (nSPS) is 25.6. The highest BCUT2D eigenvalue weighted by Gasteiger charge is 2.35. The molecule has 2 N–H and O–H groups in total. The quantitative estimate of drug-likeness (QED) is 0.794. The summed E-state index contributed by atoms with van der Waals surface area (Å²) < 4.78 is 0. The number of nitrogens with zero attached hydrogens (tertiary/aromatic N) is 5. The van der Waals surface area contributed by atoms with Gasteiger partial charge in [-0.05, 0) is 25.7 Å². The molecule has 0 aromatic carbocycles. The smallest absolute Gasteiger partial charge is 0.226 e. The molecule has 0 unspecified atom stereocenters. The number of hydrogen-bond acceptors (Lipinski definition) is 7. The number of anilines is 2. The maximum Gasteiger partial charge on any atom is 0.226 e. The maximum atomic E-state index is 9.84. The number of piperidine rings is 1. The van der Waals surface area contributed by atoms with Crippen LogP contribution in [0.5, 0.6) is 0 Å². The second-order valence-corrected chi connectivity index (χ2v) is 7.70. The van der Waals surface area contributed by atoms with Crippen LogP contribution in [0.2, 0.25) is 0 Å². The average Bonchev–Trinajstić information content (AvgIpc) is 2.99. The third kappa shape index (κ3) is 4.40. The van der Waals surface area contributed by atoms with Crippen molar-refractivity contribution in [2.24, 2.45) is 11.8 Å². The minimum Gasteiger partial charge on any atom is -0.396 e. The first-order chi connectivity index (χ1) is 12.0. The number of rotatable bonds is 5. The van der Waals surface area contributed by atoms with Crippen LogP contribution in [0.3, 0.4) is 0 Å². The van der Waals surface area contributed by atoms with Crippen LogP contribution in [0.25, 0.3) is 0 Å². The first-order valence-corrected chi connectivity index (χ1v) is 9.25. The first kappa shape index (κ1) is 18.4. The Labute approximate surface area is 150 Å². The molecule has 2 fully saturated rings. The lowest BCUT2D eigenvalue weighted by molar-refractivity contribution is 0.0687. The standard InChI is InChI=1S/C18H31N5O2/c1-13-8-17(20-18(19-13)21(2)3)23-10-14(15(11-23)12-24)9-22-6-4-16(25)5-7-22/h8,14-16,24-25H,4-7,9-12H2,1-3H3/t14-,15-/m1/s1. The molecular weight excluding hydrogens is 318 g/mol. The van der Waals surface area contributed by atoms with Gasteiger partial charge in [-0.3, -0.25) is 0 Å². The number of aliphatic hydroxyl groups is 2. The van der Waals surface area contributed by atoms with Crippen LogP contribution in [0.4, 0.5) is 11.8 Å².